The summed E-state index contributed by atoms with van der Waals surface area (Å²) in [7, 11) is -7.39. The lowest BCUT2D eigenvalue weighted by Gasteiger charge is -2.10. The molecule has 0 bridgehead atoms. The molecule has 0 aromatic carbocycles. The van der Waals surface area contributed by atoms with Crippen molar-refractivity contribution >= 4 is 53.7 Å². The molecular formula is C30H52N2O4S4. The molecular weight excluding hydrogens is 581 g/mol. The highest BCUT2D eigenvalue weighted by Gasteiger charge is 2.33. The fraction of sp³-hybridized carbons (Fsp3) is 0.733. The number of hydrogen-bond acceptors (Lipinski definition) is 8. The quantitative estimate of drug-likeness (QED) is 0.132. The molecule has 0 saturated heterocycles. The Morgan fingerprint density at radius 3 is 1.07 bits per heavy atom. The first-order valence-electron chi connectivity index (χ1n) is 15.2. The van der Waals surface area contributed by atoms with Crippen molar-refractivity contribution in [3.8, 4) is 9.75 Å². The highest BCUT2D eigenvalue weighted by Crippen LogP contribution is 2.49. The number of nitrogen functional groups attached to an aromatic ring is 2. The first-order valence-corrected chi connectivity index (χ1v) is 20.1. The summed E-state index contributed by atoms with van der Waals surface area (Å²) >= 11 is 2.51. The highest BCUT2D eigenvalue weighted by atomic mass is 32.2. The van der Waals surface area contributed by atoms with E-state index in [9.17, 15) is 16.8 Å². The van der Waals surface area contributed by atoms with E-state index < -0.39 is 19.7 Å². The third kappa shape index (κ3) is 10.0. The van der Waals surface area contributed by atoms with E-state index in [0.717, 1.165) is 38.5 Å². The maximum Gasteiger partial charge on any atom is 0.181 e. The molecule has 0 aliphatic rings. The van der Waals surface area contributed by atoms with Gasteiger partial charge in [-0.1, -0.05) is 104 Å². The van der Waals surface area contributed by atoms with Gasteiger partial charge in [-0.25, -0.2) is 16.8 Å². The Morgan fingerprint density at radius 1 is 0.500 bits per heavy atom. The number of thiophene rings is 2. The zero-order valence-corrected chi connectivity index (χ0v) is 28.4. The Balaban J connectivity index is 2.19. The van der Waals surface area contributed by atoms with Gasteiger partial charge < -0.3 is 11.5 Å². The van der Waals surface area contributed by atoms with E-state index in [1.165, 1.54) is 74.0 Å². The first-order chi connectivity index (χ1) is 19.0. The van der Waals surface area contributed by atoms with Gasteiger partial charge in [0.2, 0.25) is 0 Å². The summed E-state index contributed by atoms with van der Waals surface area (Å²) in [6, 6.07) is 0. The van der Waals surface area contributed by atoms with Gasteiger partial charge in [-0.15, -0.1) is 22.7 Å². The largest absolute Gasteiger partial charge is 0.397 e. The standard InChI is InChI=1S/C30H52N2O4S4/c1-5-7-9-11-13-15-17-19-21-39(33,34)29-25(31)23(3)37-27(29)28-30(26(32)24(4)38-28)40(35,36)22-20-18-16-14-12-10-8-6-2/h5-22,31-32H2,1-4H3. The summed E-state index contributed by atoms with van der Waals surface area (Å²) in [5, 5.41) is 0. The van der Waals surface area contributed by atoms with E-state index in [4.69, 9.17) is 11.5 Å². The molecule has 0 spiro atoms. The number of rotatable bonds is 21. The Kier molecular flexibility index (Phi) is 15.0. The summed E-state index contributed by atoms with van der Waals surface area (Å²) < 4.78 is 54.3. The topological polar surface area (TPSA) is 120 Å². The molecule has 0 unspecified atom stereocenters. The van der Waals surface area contributed by atoms with Gasteiger partial charge in [0, 0.05) is 9.75 Å². The summed E-state index contributed by atoms with van der Waals surface area (Å²) in [5.74, 6) is 0.0189. The molecule has 0 radical (unpaired) electrons. The minimum atomic E-state index is -3.69. The Hall–Kier alpha value is -1.10. The van der Waals surface area contributed by atoms with Crippen molar-refractivity contribution in [1.82, 2.24) is 0 Å². The van der Waals surface area contributed by atoms with E-state index >= 15 is 0 Å². The van der Waals surface area contributed by atoms with Crippen molar-refractivity contribution in [1.29, 1.82) is 0 Å². The monoisotopic (exact) mass is 632 g/mol. The van der Waals surface area contributed by atoms with Crippen LogP contribution in [0.25, 0.3) is 9.75 Å². The minimum absolute atomic E-state index is 0.00944. The van der Waals surface area contributed by atoms with Crippen molar-refractivity contribution in [3.05, 3.63) is 9.75 Å². The predicted molar refractivity (Wildman–Crippen MR) is 175 cm³/mol. The second kappa shape index (κ2) is 17.1. The highest BCUT2D eigenvalue weighted by molar-refractivity contribution is 7.92. The minimum Gasteiger partial charge on any atom is -0.397 e. The molecule has 0 fully saturated rings. The van der Waals surface area contributed by atoms with Crippen LogP contribution in [0, 0.1) is 13.8 Å². The average Bonchev–Trinajstić information content (AvgIpc) is 3.37. The zero-order chi connectivity index (χ0) is 29.8. The molecule has 0 atom stereocenters. The third-order valence-corrected chi connectivity index (χ3v) is 13.9. The van der Waals surface area contributed by atoms with Crippen LogP contribution in [0.15, 0.2) is 9.79 Å². The second-order valence-corrected chi connectivity index (χ2v) is 17.6. The second-order valence-electron chi connectivity index (χ2n) is 11.0. The van der Waals surface area contributed by atoms with Crippen LogP contribution in [0.5, 0.6) is 0 Å². The smallest absolute Gasteiger partial charge is 0.181 e. The molecule has 2 aromatic rings. The molecule has 10 heteroatoms. The Labute approximate surface area is 252 Å². The maximum absolute atomic E-state index is 13.6. The fourth-order valence-electron chi connectivity index (χ4n) is 5.05. The average molecular weight is 633 g/mol. The van der Waals surface area contributed by atoms with Gasteiger partial charge >= 0.3 is 0 Å². The van der Waals surface area contributed by atoms with Crippen LogP contribution < -0.4 is 11.5 Å². The number of anilines is 2. The molecule has 4 N–H and O–H groups in total. The van der Waals surface area contributed by atoms with Gasteiger partial charge in [0.05, 0.1) is 32.6 Å². The number of aryl methyl sites for hydroxylation is 2. The summed E-state index contributed by atoms with van der Waals surface area (Å²) in [6.45, 7) is 7.96. The van der Waals surface area contributed by atoms with Crippen molar-refractivity contribution in [2.75, 3.05) is 23.0 Å². The Morgan fingerprint density at radius 2 is 0.775 bits per heavy atom. The number of sulfone groups is 2. The van der Waals surface area contributed by atoms with Crippen LogP contribution in [-0.4, -0.2) is 28.3 Å². The van der Waals surface area contributed by atoms with Gasteiger partial charge in [0.15, 0.2) is 19.7 Å². The molecule has 6 nitrogen and oxygen atoms in total. The van der Waals surface area contributed by atoms with Crippen molar-refractivity contribution in [2.45, 2.75) is 140 Å². The van der Waals surface area contributed by atoms with Crippen molar-refractivity contribution in [2.24, 2.45) is 0 Å². The number of hydrogen-bond donors (Lipinski definition) is 2. The summed E-state index contributed by atoms with van der Waals surface area (Å²) in [6.07, 6.45) is 16.9. The van der Waals surface area contributed by atoms with Crippen LogP contribution in [0.4, 0.5) is 11.4 Å². The first kappa shape index (κ1) is 35.1. The van der Waals surface area contributed by atoms with Gasteiger partial charge in [-0.05, 0) is 26.7 Å². The lowest BCUT2D eigenvalue weighted by atomic mass is 10.1. The molecule has 40 heavy (non-hydrogen) atoms. The van der Waals surface area contributed by atoms with Gasteiger partial charge in [-0.3, -0.25) is 0 Å². The van der Waals surface area contributed by atoms with Crippen LogP contribution in [0.1, 0.15) is 126 Å². The van der Waals surface area contributed by atoms with E-state index in [1.54, 1.807) is 13.8 Å². The van der Waals surface area contributed by atoms with Crippen LogP contribution >= 0.6 is 22.7 Å². The van der Waals surface area contributed by atoms with Crippen molar-refractivity contribution < 1.29 is 16.8 Å². The summed E-state index contributed by atoms with van der Waals surface area (Å²) in [5.41, 5.74) is 13.1. The third-order valence-electron chi connectivity index (χ3n) is 7.53. The van der Waals surface area contributed by atoms with Gasteiger partial charge in [0.1, 0.15) is 9.79 Å². The predicted octanol–water partition coefficient (Wildman–Crippen LogP) is 9.09. The molecule has 2 aromatic heterocycles. The van der Waals surface area contributed by atoms with Gasteiger partial charge in [-0.2, -0.15) is 0 Å². The normalized spacial score (nSPS) is 12.4. The van der Waals surface area contributed by atoms with Gasteiger partial charge in [0.25, 0.3) is 0 Å². The van der Waals surface area contributed by atoms with E-state index in [2.05, 4.69) is 13.8 Å². The van der Waals surface area contributed by atoms with Crippen LogP contribution in [-0.2, 0) is 19.7 Å². The molecule has 0 amide bonds. The fourth-order valence-corrected chi connectivity index (χ4v) is 11.7. The number of nitrogens with two attached hydrogens (primary N) is 2. The lowest BCUT2D eigenvalue weighted by Crippen LogP contribution is -2.11. The SMILES string of the molecule is CCCCCCCCCCS(=O)(=O)c1c(-c2sc(C)c(N)c2S(=O)(=O)CCCCCCCCCC)sc(C)c1N. The van der Waals surface area contributed by atoms with Crippen LogP contribution in [0.3, 0.4) is 0 Å². The van der Waals surface area contributed by atoms with E-state index in [1.807, 2.05) is 0 Å². The molecule has 2 rings (SSSR count). The maximum atomic E-state index is 13.6. The Bertz CT molecular complexity index is 1160. The molecule has 230 valence electrons. The molecule has 0 aliphatic heterocycles. The molecule has 2 heterocycles. The lowest BCUT2D eigenvalue weighted by molar-refractivity contribution is 0.572. The van der Waals surface area contributed by atoms with E-state index in [-0.39, 0.29) is 32.7 Å². The molecule has 0 aliphatic carbocycles. The zero-order valence-electron chi connectivity index (χ0n) is 25.1. The van der Waals surface area contributed by atoms with Crippen LogP contribution in [0.2, 0.25) is 0 Å². The summed E-state index contributed by atoms with van der Waals surface area (Å²) in [4.78, 5) is 2.38. The molecule has 0 saturated carbocycles. The number of unbranched alkanes of at least 4 members (excludes halogenated alkanes) is 14. The van der Waals surface area contributed by atoms with E-state index in [0.29, 0.717) is 32.4 Å². The van der Waals surface area contributed by atoms with Crippen molar-refractivity contribution in [3.63, 3.8) is 0 Å².